The van der Waals surface area contributed by atoms with E-state index < -0.39 is 41.7 Å². The van der Waals surface area contributed by atoms with Crippen molar-refractivity contribution < 1.29 is 44.2 Å². The highest BCUT2D eigenvalue weighted by Gasteiger charge is 2.68. The minimum atomic E-state index is -1.34. The Labute approximate surface area is 223 Å². The third-order valence-electron chi connectivity index (χ3n) is 11.9. The van der Waals surface area contributed by atoms with Crippen LogP contribution >= 0.6 is 0 Å². The van der Waals surface area contributed by atoms with Gasteiger partial charge in [0.1, 0.15) is 31.2 Å². The van der Waals surface area contributed by atoms with Gasteiger partial charge in [0.2, 0.25) is 0 Å². The summed E-state index contributed by atoms with van der Waals surface area (Å²) in [5.74, 6) is 0.0678. The molecule has 6 rings (SSSR count). The van der Waals surface area contributed by atoms with Crippen LogP contribution in [0.3, 0.4) is 0 Å². The number of rotatable bonds is 4. The van der Waals surface area contributed by atoms with Crippen LogP contribution in [0.4, 0.5) is 0 Å². The highest BCUT2D eigenvalue weighted by Crippen LogP contribution is 2.69. The van der Waals surface area contributed by atoms with Crippen molar-refractivity contribution in [3.63, 3.8) is 0 Å². The molecule has 0 aromatic carbocycles. The fourth-order valence-corrected chi connectivity index (χ4v) is 9.73. The molecule has 212 valence electrons. The van der Waals surface area contributed by atoms with Crippen LogP contribution in [-0.2, 0) is 23.8 Å². The van der Waals surface area contributed by atoms with Gasteiger partial charge in [-0.3, -0.25) is 0 Å². The van der Waals surface area contributed by atoms with E-state index in [1.54, 1.807) is 13.0 Å². The van der Waals surface area contributed by atoms with E-state index in [2.05, 4.69) is 6.92 Å². The molecular weight excluding hydrogens is 492 g/mol. The number of fused-ring (bicyclic) bond motifs is 5. The molecule has 38 heavy (non-hydrogen) atoms. The molecule has 13 atom stereocenters. The zero-order valence-electron chi connectivity index (χ0n) is 22.3. The predicted molar refractivity (Wildman–Crippen MR) is 133 cm³/mol. The average Bonchev–Trinajstić information content (AvgIpc) is 3.45. The molecule has 0 unspecified atom stereocenters. The summed E-state index contributed by atoms with van der Waals surface area (Å²) in [4.78, 5) is 24.7. The number of hydrogen-bond acceptors (Lipinski definition) is 9. The molecule has 9 nitrogen and oxygen atoms in total. The van der Waals surface area contributed by atoms with Crippen molar-refractivity contribution in [3.05, 3.63) is 11.6 Å². The smallest absolute Gasteiger partial charge is 0.331 e. The summed E-state index contributed by atoms with van der Waals surface area (Å²) < 4.78 is 17.0. The summed E-state index contributed by atoms with van der Waals surface area (Å²) in [6, 6.07) is 0. The number of carbonyl (C=O) groups excluding carboxylic acids is 2. The van der Waals surface area contributed by atoms with Crippen LogP contribution in [0.2, 0.25) is 0 Å². The Bertz CT molecular complexity index is 999. The molecule has 0 bridgehead atoms. The molecule has 1 saturated heterocycles. The Morgan fingerprint density at radius 2 is 1.79 bits per heavy atom. The molecule has 9 heteroatoms. The van der Waals surface area contributed by atoms with Crippen LogP contribution in [0.25, 0.3) is 0 Å². The quantitative estimate of drug-likeness (QED) is 0.240. The van der Waals surface area contributed by atoms with Crippen molar-refractivity contribution in [1.29, 1.82) is 0 Å². The zero-order valence-corrected chi connectivity index (χ0v) is 22.3. The number of hydrogen-bond donors (Lipinski definition) is 4. The van der Waals surface area contributed by atoms with E-state index in [9.17, 15) is 30.0 Å². The number of esters is 1. The molecule has 6 aliphatic rings. The van der Waals surface area contributed by atoms with Gasteiger partial charge in [-0.1, -0.05) is 6.92 Å². The summed E-state index contributed by atoms with van der Waals surface area (Å²) in [5.41, 5.74) is -0.739. The van der Waals surface area contributed by atoms with E-state index >= 15 is 0 Å². The van der Waals surface area contributed by atoms with Gasteiger partial charge in [-0.05, 0) is 94.0 Å². The zero-order chi connectivity index (χ0) is 27.0. The van der Waals surface area contributed by atoms with Crippen LogP contribution in [0.15, 0.2) is 11.6 Å². The van der Waals surface area contributed by atoms with Gasteiger partial charge >= 0.3 is 5.97 Å². The van der Waals surface area contributed by atoms with E-state index in [1.807, 2.05) is 0 Å². The number of carbonyl (C=O) groups is 2. The Kier molecular flexibility index (Phi) is 6.60. The van der Waals surface area contributed by atoms with Gasteiger partial charge in [0, 0.05) is 16.9 Å². The lowest BCUT2D eigenvalue weighted by molar-refractivity contribution is -0.309. The van der Waals surface area contributed by atoms with E-state index in [0.29, 0.717) is 32.3 Å². The Morgan fingerprint density at radius 3 is 2.50 bits per heavy atom. The van der Waals surface area contributed by atoms with Crippen LogP contribution in [0.5, 0.6) is 0 Å². The molecule has 5 fully saturated rings. The van der Waals surface area contributed by atoms with E-state index in [-0.39, 0.29) is 41.2 Å². The second-order valence-corrected chi connectivity index (χ2v) is 13.2. The second-order valence-electron chi connectivity index (χ2n) is 13.2. The predicted octanol–water partition coefficient (Wildman–Crippen LogP) is 1.64. The van der Waals surface area contributed by atoms with Crippen molar-refractivity contribution in [2.45, 2.75) is 114 Å². The number of aldehydes is 1. The van der Waals surface area contributed by atoms with Gasteiger partial charge in [-0.25, -0.2) is 4.79 Å². The standard InChI is InChI=1S/C29H42O9/c1-15-23(32)24(33)25(34)26(37-15)38-18-5-9-28(14-30)17(12-18)3-4-21-20(28)6-8-27(2)19(7-10-29(21,27)35)16-11-22(31)36-13-16/h11,14-15,17-21,23-26,32-35H,3-10,12-13H2,1-2H3/t15-,17-,18+,19-,20+,21-,23-,24+,25+,26+,27-,28-,29+/m1/s1. The van der Waals surface area contributed by atoms with Gasteiger partial charge in [-0.15, -0.1) is 0 Å². The molecule has 0 aromatic rings. The maximum absolute atomic E-state index is 12.9. The Hall–Kier alpha value is -1.36. The molecule has 2 heterocycles. The lowest BCUT2D eigenvalue weighted by atomic mass is 9.43. The minimum absolute atomic E-state index is 0.0322. The van der Waals surface area contributed by atoms with E-state index in [1.165, 1.54) is 6.29 Å². The van der Waals surface area contributed by atoms with Gasteiger partial charge in [-0.2, -0.15) is 0 Å². The van der Waals surface area contributed by atoms with Gasteiger partial charge in [0.15, 0.2) is 6.29 Å². The van der Waals surface area contributed by atoms with Crippen LogP contribution in [0, 0.1) is 34.5 Å². The van der Waals surface area contributed by atoms with Crippen molar-refractivity contribution in [2.75, 3.05) is 6.61 Å². The summed E-state index contributed by atoms with van der Waals surface area (Å²) in [6.45, 7) is 4.13. The molecule has 0 spiro atoms. The molecule has 4 aliphatic carbocycles. The van der Waals surface area contributed by atoms with E-state index in [0.717, 1.165) is 37.7 Å². The van der Waals surface area contributed by atoms with Crippen molar-refractivity contribution in [1.82, 2.24) is 0 Å². The van der Waals surface area contributed by atoms with Gasteiger partial charge in [0.25, 0.3) is 0 Å². The van der Waals surface area contributed by atoms with E-state index in [4.69, 9.17) is 14.2 Å². The fourth-order valence-electron chi connectivity index (χ4n) is 9.73. The van der Waals surface area contributed by atoms with Crippen molar-refractivity contribution in [2.24, 2.45) is 34.5 Å². The van der Waals surface area contributed by atoms with Crippen molar-refractivity contribution in [3.8, 4) is 0 Å². The summed E-state index contributed by atoms with van der Waals surface area (Å²) in [6.07, 6.45) is 3.80. The number of aliphatic hydroxyl groups excluding tert-OH is 3. The first-order chi connectivity index (χ1) is 18.0. The SMILES string of the molecule is C[C@H]1O[C@@H](O[C@H]2CC[C@@]3(C=O)[C@H](CC[C@@H]4[C@@H]3CC[C@]3(C)[C@@H](C5=CC(=O)OC5)CC[C@]43O)C2)[C@@H](O)[C@@H](O)[C@@H]1O. The summed E-state index contributed by atoms with van der Waals surface area (Å²) >= 11 is 0. The fraction of sp³-hybridized carbons (Fsp3) is 0.862. The van der Waals surface area contributed by atoms with Gasteiger partial charge < -0.3 is 39.4 Å². The number of aliphatic hydroxyl groups is 4. The highest BCUT2D eigenvalue weighted by atomic mass is 16.7. The Morgan fingerprint density at radius 1 is 1.00 bits per heavy atom. The molecule has 4 saturated carbocycles. The first-order valence-corrected chi connectivity index (χ1v) is 14.4. The monoisotopic (exact) mass is 534 g/mol. The summed E-state index contributed by atoms with van der Waals surface area (Å²) in [5, 5.41) is 42.9. The first-order valence-electron chi connectivity index (χ1n) is 14.4. The molecule has 0 amide bonds. The normalized spacial score (nSPS) is 54.4. The Balaban J connectivity index is 1.19. The second kappa shape index (κ2) is 9.35. The molecular formula is C29H42O9. The lowest BCUT2D eigenvalue weighted by Crippen LogP contribution is -2.63. The summed E-state index contributed by atoms with van der Waals surface area (Å²) in [7, 11) is 0. The van der Waals surface area contributed by atoms with Gasteiger partial charge in [0.05, 0.1) is 17.8 Å². The van der Waals surface area contributed by atoms with Crippen molar-refractivity contribution >= 4 is 12.3 Å². The lowest BCUT2D eigenvalue weighted by Gasteiger charge is -2.63. The third-order valence-corrected chi connectivity index (χ3v) is 11.9. The largest absolute Gasteiger partial charge is 0.458 e. The third kappa shape index (κ3) is 3.72. The first kappa shape index (κ1) is 26.8. The molecule has 4 N–H and O–H groups in total. The number of ether oxygens (including phenoxy) is 3. The topological polar surface area (TPSA) is 143 Å². The maximum atomic E-state index is 12.9. The van der Waals surface area contributed by atoms with Crippen LogP contribution in [-0.4, -0.2) is 81.7 Å². The van der Waals surface area contributed by atoms with Crippen LogP contribution in [0.1, 0.15) is 71.6 Å². The highest BCUT2D eigenvalue weighted by molar-refractivity contribution is 5.85. The minimum Gasteiger partial charge on any atom is -0.458 e. The molecule has 0 radical (unpaired) electrons. The maximum Gasteiger partial charge on any atom is 0.331 e. The average molecular weight is 535 g/mol. The van der Waals surface area contributed by atoms with Crippen LogP contribution < -0.4 is 0 Å². The molecule has 0 aromatic heterocycles. The number of cyclic esters (lactones) is 1. The molecule has 2 aliphatic heterocycles.